The Hall–Kier alpha value is -3.88. The van der Waals surface area contributed by atoms with Crippen molar-refractivity contribution in [2.45, 2.75) is 36.2 Å². The maximum atomic E-state index is 13.6. The average Bonchev–Trinajstić information content (AvgIpc) is 3.58. The highest BCUT2D eigenvalue weighted by Crippen LogP contribution is 2.33. The average molecular weight is 605 g/mol. The fourth-order valence-electron chi connectivity index (χ4n) is 3.28. The maximum Gasteiger partial charge on any atom is 0.353 e. The minimum absolute atomic E-state index is 0.0217. The molecule has 0 aliphatic carbocycles. The second kappa shape index (κ2) is 12.1. The topological polar surface area (TPSA) is 227 Å². The lowest BCUT2D eigenvalue weighted by molar-refractivity contribution is -0.170. The van der Waals surface area contributed by atoms with Crippen molar-refractivity contribution >= 4 is 59.0 Å². The number of ether oxygens (including phenoxy) is 4. The summed E-state index contributed by atoms with van der Waals surface area (Å²) in [6.07, 6.45) is -1.91. The molecule has 2 saturated heterocycles. The fraction of sp³-hybridized carbons (Fsp3) is 0.400. The van der Waals surface area contributed by atoms with E-state index < -0.39 is 94.7 Å². The van der Waals surface area contributed by atoms with Crippen LogP contribution in [0.2, 0.25) is 0 Å². The minimum Gasteiger partial charge on any atom is -0.391 e. The minimum atomic E-state index is -1.34. The van der Waals surface area contributed by atoms with Gasteiger partial charge in [-0.15, -0.1) is 23.5 Å². The third-order valence-electron chi connectivity index (χ3n) is 5.18. The Morgan fingerprint density at radius 1 is 0.825 bits per heavy atom. The van der Waals surface area contributed by atoms with Crippen LogP contribution < -0.4 is 22.8 Å². The van der Waals surface area contributed by atoms with Crippen LogP contribution >= 0.6 is 23.5 Å². The monoisotopic (exact) mass is 604 g/mol. The normalized spacial score (nSPS) is 22.1. The van der Waals surface area contributed by atoms with Crippen LogP contribution in [0.15, 0.2) is 22.0 Å². The van der Waals surface area contributed by atoms with Gasteiger partial charge in [0.15, 0.2) is 23.3 Å². The Morgan fingerprint density at radius 2 is 1.20 bits per heavy atom. The first-order valence-electron chi connectivity index (χ1n) is 11.0. The molecule has 0 unspecified atom stereocenters. The summed E-state index contributed by atoms with van der Waals surface area (Å²) in [6.45, 7) is 0. The van der Waals surface area contributed by atoms with Gasteiger partial charge in [-0.05, 0) is 0 Å². The van der Waals surface area contributed by atoms with Gasteiger partial charge in [-0.3, -0.25) is 18.7 Å². The number of hydrogen-bond acceptors (Lipinski definition) is 16. The highest BCUT2D eigenvalue weighted by atomic mass is 32.2. The van der Waals surface area contributed by atoms with Gasteiger partial charge >= 0.3 is 35.3 Å². The van der Waals surface area contributed by atoms with Gasteiger partial charge in [0.05, 0.1) is 25.2 Å². The van der Waals surface area contributed by atoms with E-state index in [1.807, 2.05) is 0 Å². The third-order valence-corrected chi connectivity index (χ3v) is 7.35. The largest absolute Gasteiger partial charge is 0.391 e. The molecule has 0 aromatic carbocycles. The first-order valence-corrected chi connectivity index (χ1v) is 13.1. The molecule has 40 heavy (non-hydrogen) atoms. The molecule has 0 amide bonds. The smallest absolute Gasteiger partial charge is 0.353 e. The van der Waals surface area contributed by atoms with Gasteiger partial charge in [0, 0.05) is 11.5 Å². The summed E-state index contributed by atoms with van der Waals surface area (Å²) < 4.78 is 48.8. The molecule has 2 aliphatic rings. The van der Waals surface area contributed by atoms with Gasteiger partial charge in [0.2, 0.25) is 10.9 Å². The highest BCUT2D eigenvalue weighted by Gasteiger charge is 2.37. The highest BCUT2D eigenvalue weighted by molar-refractivity contribution is 8.00. The molecule has 0 bridgehead atoms. The molecule has 0 saturated carbocycles. The van der Waals surface area contributed by atoms with Gasteiger partial charge in [0.1, 0.15) is 12.5 Å². The molecular formula is C20H18F2N6O10S2. The molecule has 0 radical (unpaired) electrons. The molecule has 2 aromatic heterocycles. The molecule has 4 atom stereocenters. The number of halogens is 2. The predicted molar refractivity (Wildman–Crippen MR) is 130 cm³/mol. The van der Waals surface area contributed by atoms with Gasteiger partial charge in [-0.25, -0.2) is 28.0 Å². The van der Waals surface area contributed by atoms with E-state index in [-0.39, 0.29) is 11.5 Å². The molecular weight excluding hydrogens is 586 g/mol. The molecule has 2 fully saturated rings. The molecule has 4 N–H and O–H groups in total. The molecule has 214 valence electrons. The molecule has 2 aliphatic heterocycles. The van der Waals surface area contributed by atoms with E-state index in [1.54, 1.807) is 0 Å². The number of hydrogen-bond donors (Lipinski definition) is 2. The molecule has 4 heterocycles. The van der Waals surface area contributed by atoms with Crippen molar-refractivity contribution in [3.8, 4) is 0 Å². The van der Waals surface area contributed by atoms with Crippen molar-refractivity contribution in [3.63, 3.8) is 0 Å². The first-order chi connectivity index (χ1) is 18.9. The maximum absolute atomic E-state index is 13.6. The van der Waals surface area contributed by atoms with E-state index >= 15 is 0 Å². The molecule has 16 nitrogen and oxygen atoms in total. The lowest BCUT2D eigenvalue weighted by Gasteiger charge is -2.14. The second-order valence-electron chi connectivity index (χ2n) is 7.93. The number of carbonyl (C=O) groups is 4. The second-order valence-corrected chi connectivity index (χ2v) is 10.1. The lowest BCUT2D eigenvalue weighted by atomic mass is 10.3. The summed E-state index contributed by atoms with van der Waals surface area (Å²) in [7, 11) is 0. The summed E-state index contributed by atoms with van der Waals surface area (Å²) in [5.74, 6) is -7.64. The van der Waals surface area contributed by atoms with Crippen molar-refractivity contribution in [1.29, 1.82) is 0 Å². The zero-order chi connectivity index (χ0) is 29.1. The number of nitrogens with zero attached hydrogens (tertiary/aromatic N) is 4. The number of thioether (sulfide) groups is 2. The van der Waals surface area contributed by atoms with Gasteiger partial charge in [-0.2, -0.15) is 9.97 Å². The zero-order valence-corrected chi connectivity index (χ0v) is 21.5. The summed E-state index contributed by atoms with van der Waals surface area (Å²) in [6, 6.07) is 0. The Morgan fingerprint density at radius 3 is 1.57 bits per heavy atom. The Balaban J connectivity index is 1.20. The van der Waals surface area contributed by atoms with E-state index in [2.05, 4.69) is 19.4 Å². The molecule has 2 aromatic rings. The Labute approximate surface area is 229 Å². The molecule has 0 spiro atoms. The van der Waals surface area contributed by atoms with Crippen LogP contribution in [-0.4, -0.2) is 65.4 Å². The van der Waals surface area contributed by atoms with Crippen molar-refractivity contribution in [2.75, 3.05) is 23.0 Å². The predicted octanol–water partition coefficient (Wildman–Crippen LogP) is -0.961. The quantitative estimate of drug-likeness (QED) is 0.286. The van der Waals surface area contributed by atoms with Crippen molar-refractivity contribution < 1.29 is 46.9 Å². The van der Waals surface area contributed by atoms with Crippen molar-refractivity contribution in [2.24, 2.45) is 0 Å². The van der Waals surface area contributed by atoms with Crippen LogP contribution in [0.3, 0.4) is 0 Å². The standard InChI is InChI=1S/C20H18F2N6O10S2/c21-7-3-27(19(33)25-13(7)23)9-5-39-17(35-9)15(31)37-11(29)1-2-12(30)38-16(32)18-36-10(6-40-18)28-4-8(22)14(24)26-20(28)34/h3-4,9-10,17-18H,1-2,5-6H2,(H2,23,25,33)(H2,24,26,34)/t9-,10-,17+,18+/m0/s1. The number of rotatable bonds is 7. The van der Waals surface area contributed by atoms with E-state index in [1.165, 1.54) is 0 Å². The van der Waals surface area contributed by atoms with Crippen LogP contribution in [0.4, 0.5) is 20.4 Å². The van der Waals surface area contributed by atoms with Crippen molar-refractivity contribution in [1.82, 2.24) is 19.1 Å². The van der Waals surface area contributed by atoms with E-state index in [4.69, 9.17) is 20.9 Å². The van der Waals surface area contributed by atoms with Crippen LogP contribution in [-0.2, 0) is 38.1 Å². The lowest BCUT2D eigenvalue weighted by Crippen LogP contribution is -2.31. The van der Waals surface area contributed by atoms with Gasteiger partial charge in [0.25, 0.3) is 0 Å². The SMILES string of the molecule is Nc1nc(=O)n([C@@H]2CS[C@H](C(=O)OC(=O)CCC(=O)OC(=O)[C@@H]3O[C@H](n4cc(F)c(N)nc4=O)CS3)O2)cc1F. The fourth-order valence-corrected chi connectivity index (χ4v) is 5.21. The van der Waals surface area contributed by atoms with Crippen LogP contribution in [0.5, 0.6) is 0 Å². The number of carbonyl (C=O) groups excluding carboxylic acids is 4. The number of aromatic nitrogens is 4. The molecule has 4 rings (SSSR count). The number of esters is 4. The van der Waals surface area contributed by atoms with Crippen LogP contribution in [0, 0.1) is 11.6 Å². The van der Waals surface area contributed by atoms with E-state index in [0.717, 1.165) is 45.1 Å². The number of nitrogens with two attached hydrogens (primary N) is 2. The van der Waals surface area contributed by atoms with Crippen molar-refractivity contribution in [3.05, 3.63) is 45.0 Å². The van der Waals surface area contributed by atoms with Crippen LogP contribution in [0.25, 0.3) is 0 Å². The summed E-state index contributed by atoms with van der Waals surface area (Å²) in [5.41, 5.74) is 5.95. The zero-order valence-electron chi connectivity index (χ0n) is 19.9. The summed E-state index contributed by atoms with van der Waals surface area (Å²) in [5, 5.41) is 0. The van der Waals surface area contributed by atoms with Crippen LogP contribution in [0.1, 0.15) is 25.3 Å². The number of anilines is 2. The molecule has 20 heteroatoms. The van der Waals surface area contributed by atoms with E-state index in [9.17, 15) is 37.5 Å². The Kier molecular flexibility index (Phi) is 8.81. The first kappa shape index (κ1) is 29.1. The number of nitrogen functional groups attached to an aromatic ring is 2. The summed E-state index contributed by atoms with van der Waals surface area (Å²) in [4.78, 5) is 78.8. The van der Waals surface area contributed by atoms with Gasteiger partial charge in [-0.1, -0.05) is 0 Å². The summed E-state index contributed by atoms with van der Waals surface area (Å²) >= 11 is 1.73. The van der Waals surface area contributed by atoms with E-state index in [0.29, 0.717) is 0 Å². The Bertz CT molecular complexity index is 1380. The third kappa shape index (κ3) is 6.63. The van der Waals surface area contributed by atoms with Gasteiger partial charge < -0.3 is 30.4 Å².